The van der Waals surface area contributed by atoms with E-state index in [2.05, 4.69) is 10.3 Å². The highest BCUT2D eigenvalue weighted by atomic mass is 35.5. The lowest BCUT2D eigenvalue weighted by atomic mass is 10.2. The number of rotatable bonds is 6. The van der Waals surface area contributed by atoms with Crippen molar-refractivity contribution >= 4 is 57.4 Å². The maximum Gasteiger partial charge on any atom is 0.331 e. The van der Waals surface area contributed by atoms with Crippen molar-refractivity contribution < 1.29 is 19.1 Å². The average molecular weight is 405 g/mol. The first-order chi connectivity index (χ1) is 12.9. The normalized spacial score (nSPS) is 11.0. The van der Waals surface area contributed by atoms with Gasteiger partial charge in [-0.3, -0.25) is 14.0 Å². The van der Waals surface area contributed by atoms with Gasteiger partial charge in [-0.15, -0.1) is 11.3 Å². The summed E-state index contributed by atoms with van der Waals surface area (Å²) in [4.78, 5) is 39.5. The van der Waals surface area contributed by atoms with E-state index in [0.717, 1.165) is 0 Å². The maximum absolute atomic E-state index is 11.8. The summed E-state index contributed by atoms with van der Waals surface area (Å²) in [6, 6.07) is 6.00. The number of esters is 1. The van der Waals surface area contributed by atoms with Gasteiger partial charge in [-0.1, -0.05) is 11.6 Å². The second kappa shape index (κ2) is 8.02. The Kier molecular flexibility index (Phi) is 5.53. The van der Waals surface area contributed by atoms with Crippen LogP contribution in [0.25, 0.3) is 11.0 Å². The van der Waals surface area contributed by atoms with E-state index in [4.69, 9.17) is 22.1 Å². The fourth-order valence-corrected chi connectivity index (χ4v) is 3.18. The van der Waals surface area contributed by atoms with Crippen molar-refractivity contribution in [2.75, 3.05) is 11.9 Å². The number of hydrogen-bond acceptors (Lipinski definition) is 6. The number of hydrogen-bond donors (Lipinski definition) is 2. The van der Waals surface area contributed by atoms with Gasteiger partial charge in [0.25, 0.3) is 5.91 Å². The number of ether oxygens (including phenoxy) is 1. The van der Waals surface area contributed by atoms with Gasteiger partial charge >= 0.3 is 5.97 Å². The number of imidazole rings is 1. The van der Waals surface area contributed by atoms with Gasteiger partial charge in [-0.2, -0.15) is 0 Å². The molecule has 3 aromatic rings. The average Bonchev–Trinajstić information content (AvgIpc) is 3.19. The molecule has 0 saturated heterocycles. The summed E-state index contributed by atoms with van der Waals surface area (Å²) in [6.07, 6.45) is 4.42. The summed E-state index contributed by atoms with van der Waals surface area (Å²) in [5, 5.41) is 4.65. The lowest BCUT2D eigenvalue weighted by molar-refractivity contribution is -0.142. The Bertz CT molecular complexity index is 1040. The minimum absolute atomic E-state index is 0.267. The number of benzene rings is 1. The van der Waals surface area contributed by atoms with Crippen LogP contribution in [0.2, 0.25) is 5.15 Å². The van der Waals surface area contributed by atoms with Crippen molar-refractivity contribution in [2.24, 2.45) is 5.73 Å². The molecule has 2 amide bonds. The standard InChI is InChI=1S/C17H13ClN4O4S/c18-15-12(22-7-8-27-17(22)21-15)5-6-14(24)26-9-13(23)20-11-3-1-10(2-4-11)16(19)25/h1-8H,9H2,(H2,19,25)(H,20,23). The summed E-state index contributed by atoms with van der Waals surface area (Å²) >= 11 is 7.43. The zero-order chi connectivity index (χ0) is 19.4. The van der Waals surface area contributed by atoms with Crippen LogP contribution in [-0.4, -0.2) is 33.8 Å². The topological polar surface area (TPSA) is 116 Å². The largest absolute Gasteiger partial charge is 0.452 e. The van der Waals surface area contributed by atoms with Crippen molar-refractivity contribution in [1.29, 1.82) is 0 Å². The molecule has 2 aromatic heterocycles. The molecule has 0 radical (unpaired) electrons. The molecule has 0 atom stereocenters. The Hall–Kier alpha value is -3.17. The summed E-state index contributed by atoms with van der Waals surface area (Å²) in [5.41, 5.74) is 6.45. The molecule has 0 saturated carbocycles. The van der Waals surface area contributed by atoms with Gasteiger partial charge in [0, 0.05) is 28.9 Å². The van der Waals surface area contributed by atoms with Crippen molar-refractivity contribution in [1.82, 2.24) is 9.38 Å². The Labute approximate surface area is 162 Å². The minimum atomic E-state index is -0.699. The molecule has 0 aliphatic carbocycles. The second-order valence-electron chi connectivity index (χ2n) is 5.27. The van der Waals surface area contributed by atoms with Gasteiger partial charge in [0.05, 0.1) is 5.69 Å². The van der Waals surface area contributed by atoms with Crippen molar-refractivity contribution in [3.8, 4) is 0 Å². The van der Waals surface area contributed by atoms with E-state index in [0.29, 0.717) is 21.9 Å². The highest BCUT2D eigenvalue weighted by Crippen LogP contribution is 2.22. The SMILES string of the molecule is NC(=O)c1ccc(NC(=O)COC(=O)C=Cc2c(Cl)nc3sccn23)cc1. The molecule has 138 valence electrons. The summed E-state index contributed by atoms with van der Waals surface area (Å²) in [6.45, 7) is -0.464. The lowest BCUT2D eigenvalue weighted by Gasteiger charge is -2.05. The summed E-state index contributed by atoms with van der Waals surface area (Å²) in [7, 11) is 0. The molecule has 0 aliphatic heterocycles. The van der Waals surface area contributed by atoms with Gasteiger partial charge in [0.15, 0.2) is 16.7 Å². The van der Waals surface area contributed by atoms with Gasteiger partial charge in [0.2, 0.25) is 5.91 Å². The van der Waals surface area contributed by atoms with E-state index >= 15 is 0 Å². The third-order valence-corrected chi connectivity index (χ3v) is 4.46. The first-order valence-electron chi connectivity index (χ1n) is 7.59. The number of primary amides is 1. The molecular formula is C17H13ClN4O4S. The van der Waals surface area contributed by atoms with E-state index in [1.807, 2.05) is 5.38 Å². The van der Waals surface area contributed by atoms with E-state index in [1.54, 1.807) is 10.6 Å². The molecular weight excluding hydrogens is 392 g/mol. The molecule has 0 fully saturated rings. The Balaban J connectivity index is 1.52. The van der Waals surface area contributed by atoms with Crippen LogP contribution >= 0.6 is 22.9 Å². The highest BCUT2D eigenvalue weighted by Gasteiger charge is 2.10. The maximum atomic E-state index is 11.8. The molecule has 0 bridgehead atoms. The highest BCUT2D eigenvalue weighted by molar-refractivity contribution is 7.15. The molecule has 2 heterocycles. The van der Waals surface area contributed by atoms with E-state index in [1.165, 1.54) is 47.8 Å². The van der Waals surface area contributed by atoms with Crippen LogP contribution in [0.5, 0.6) is 0 Å². The van der Waals surface area contributed by atoms with Crippen LogP contribution in [0.15, 0.2) is 41.9 Å². The number of thiazole rings is 1. The predicted octanol–water partition coefficient (Wildman–Crippen LogP) is 2.34. The van der Waals surface area contributed by atoms with Gasteiger partial charge < -0.3 is 15.8 Å². The third-order valence-electron chi connectivity index (χ3n) is 3.43. The van der Waals surface area contributed by atoms with Crippen LogP contribution < -0.4 is 11.1 Å². The van der Waals surface area contributed by atoms with Gasteiger partial charge in [0.1, 0.15) is 0 Å². The van der Waals surface area contributed by atoms with Gasteiger partial charge in [-0.25, -0.2) is 9.78 Å². The molecule has 0 unspecified atom stereocenters. The Morgan fingerprint density at radius 1 is 1.30 bits per heavy atom. The molecule has 0 aliphatic rings. The number of nitrogens with two attached hydrogens (primary N) is 1. The Morgan fingerprint density at radius 3 is 2.74 bits per heavy atom. The Morgan fingerprint density at radius 2 is 2.04 bits per heavy atom. The number of nitrogens with one attached hydrogen (secondary N) is 1. The lowest BCUT2D eigenvalue weighted by Crippen LogP contribution is -2.20. The van der Waals surface area contributed by atoms with Crippen LogP contribution in [0, 0.1) is 0 Å². The number of anilines is 1. The molecule has 8 nitrogen and oxygen atoms in total. The number of carbonyl (C=O) groups excluding carboxylic acids is 3. The monoisotopic (exact) mass is 404 g/mol. The van der Waals surface area contributed by atoms with Gasteiger partial charge in [-0.05, 0) is 30.3 Å². The number of amides is 2. The fraction of sp³-hybridized carbons (Fsp3) is 0.0588. The van der Waals surface area contributed by atoms with E-state index in [-0.39, 0.29) is 5.15 Å². The number of carbonyl (C=O) groups is 3. The second-order valence-corrected chi connectivity index (χ2v) is 6.51. The predicted molar refractivity (Wildman–Crippen MR) is 102 cm³/mol. The van der Waals surface area contributed by atoms with Crippen LogP contribution in [-0.2, 0) is 14.3 Å². The van der Waals surface area contributed by atoms with E-state index in [9.17, 15) is 14.4 Å². The molecule has 3 rings (SSSR count). The first-order valence-corrected chi connectivity index (χ1v) is 8.85. The molecule has 10 heteroatoms. The van der Waals surface area contributed by atoms with Crippen LogP contribution in [0.3, 0.4) is 0 Å². The third kappa shape index (κ3) is 4.52. The summed E-state index contributed by atoms with van der Waals surface area (Å²) < 4.78 is 6.62. The fourth-order valence-electron chi connectivity index (χ4n) is 2.17. The van der Waals surface area contributed by atoms with Crippen molar-refractivity contribution in [3.05, 3.63) is 58.3 Å². The molecule has 27 heavy (non-hydrogen) atoms. The van der Waals surface area contributed by atoms with Crippen LogP contribution in [0.4, 0.5) is 5.69 Å². The number of fused-ring (bicyclic) bond motifs is 1. The molecule has 3 N–H and O–H groups in total. The number of halogens is 1. The first kappa shape index (κ1) is 18.6. The van der Waals surface area contributed by atoms with Crippen LogP contribution in [0.1, 0.15) is 16.1 Å². The zero-order valence-corrected chi connectivity index (χ0v) is 15.3. The molecule has 0 spiro atoms. The quantitative estimate of drug-likeness (QED) is 0.483. The van der Waals surface area contributed by atoms with E-state index < -0.39 is 24.4 Å². The number of nitrogens with zero attached hydrogens (tertiary/aromatic N) is 2. The van der Waals surface area contributed by atoms with Crippen molar-refractivity contribution in [3.63, 3.8) is 0 Å². The zero-order valence-electron chi connectivity index (χ0n) is 13.7. The summed E-state index contributed by atoms with van der Waals surface area (Å²) in [5.74, 6) is -1.78. The minimum Gasteiger partial charge on any atom is -0.452 e. The van der Waals surface area contributed by atoms with Crippen molar-refractivity contribution in [2.45, 2.75) is 0 Å². The smallest absolute Gasteiger partial charge is 0.331 e. The number of aromatic nitrogens is 2. The molecule has 1 aromatic carbocycles.